The summed E-state index contributed by atoms with van der Waals surface area (Å²) >= 11 is 0. The van der Waals surface area contributed by atoms with Crippen molar-refractivity contribution in [2.75, 3.05) is 6.54 Å². The molecule has 30 heavy (non-hydrogen) atoms. The molecule has 3 N–H and O–H groups in total. The molecule has 1 aromatic rings. The number of amides is 1. The lowest BCUT2D eigenvalue weighted by Gasteiger charge is -2.55. The summed E-state index contributed by atoms with van der Waals surface area (Å²) in [4.78, 5) is 24.4. The van der Waals surface area contributed by atoms with E-state index in [0.717, 1.165) is 31.2 Å². The maximum Gasteiger partial charge on any atom is 0.407 e. The number of aliphatic hydroxyl groups is 1. The molecule has 0 aromatic heterocycles. The fourth-order valence-electron chi connectivity index (χ4n) is 5.74. The van der Waals surface area contributed by atoms with Gasteiger partial charge in [-0.2, -0.15) is 0 Å². The van der Waals surface area contributed by atoms with Crippen molar-refractivity contribution in [2.24, 2.45) is 0 Å². The van der Waals surface area contributed by atoms with Crippen molar-refractivity contribution in [1.29, 1.82) is 0 Å². The number of carbonyl (C=O) groups is 2. The van der Waals surface area contributed by atoms with Crippen molar-refractivity contribution in [3.8, 4) is 0 Å². The Bertz CT molecular complexity index is 724. The molecule has 0 unspecified atom stereocenters. The van der Waals surface area contributed by atoms with Crippen molar-refractivity contribution < 1.29 is 24.1 Å². The molecule has 164 valence electrons. The fourth-order valence-corrected chi connectivity index (χ4v) is 5.74. The minimum Gasteiger partial charge on any atom is -0.673 e. The zero-order valence-corrected chi connectivity index (χ0v) is 17.4. The second kappa shape index (κ2) is 9.39. The van der Waals surface area contributed by atoms with Gasteiger partial charge in [-0.25, -0.2) is 4.79 Å². The van der Waals surface area contributed by atoms with Crippen LogP contribution in [0.2, 0.25) is 11.6 Å². The van der Waals surface area contributed by atoms with Gasteiger partial charge in [-0.15, -0.1) is 11.6 Å². The van der Waals surface area contributed by atoms with Crippen molar-refractivity contribution in [3.63, 3.8) is 0 Å². The Kier molecular flexibility index (Phi) is 6.63. The van der Waals surface area contributed by atoms with Gasteiger partial charge in [-0.05, 0) is 18.4 Å². The van der Waals surface area contributed by atoms with Gasteiger partial charge in [0.2, 0.25) is 6.48 Å². The van der Waals surface area contributed by atoms with E-state index in [2.05, 4.69) is 10.5 Å². The van der Waals surface area contributed by atoms with E-state index >= 15 is 0 Å². The number of alkyl carbamates (subject to hydrolysis) is 1. The molecule has 3 aliphatic rings. The van der Waals surface area contributed by atoms with Crippen LogP contribution in [0.15, 0.2) is 30.3 Å². The molecule has 8 heteroatoms. The largest absolute Gasteiger partial charge is 0.673 e. The lowest BCUT2D eigenvalue weighted by atomic mass is 9.28. The highest BCUT2D eigenvalue weighted by molar-refractivity contribution is 6.77. The first-order valence-corrected chi connectivity index (χ1v) is 11.4. The highest BCUT2D eigenvalue weighted by Crippen LogP contribution is 2.53. The lowest BCUT2D eigenvalue weighted by Crippen LogP contribution is -2.60. The van der Waals surface area contributed by atoms with Crippen LogP contribution in [0.25, 0.3) is 0 Å². The average Bonchev–Trinajstić information content (AvgIpc) is 3.05. The Morgan fingerprint density at radius 2 is 1.87 bits per heavy atom. The number of ether oxygens (including phenoxy) is 1. The van der Waals surface area contributed by atoms with Crippen LogP contribution in [0.5, 0.6) is 0 Å². The van der Waals surface area contributed by atoms with Crippen molar-refractivity contribution in [2.45, 2.75) is 81.8 Å². The molecule has 7 nitrogen and oxygen atoms in total. The van der Waals surface area contributed by atoms with Gasteiger partial charge in [0, 0.05) is 6.54 Å². The molecule has 4 rings (SSSR count). The molecule has 1 spiro atoms. The second-order valence-electron chi connectivity index (χ2n) is 9.13. The molecular formula is C22H32BN2O5-. The van der Waals surface area contributed by atoms with Crippen LogP contribution in [0, 0.1) is 0 Å². The first-order chi connectivity index (χ1) is 14.6. The van der Waals surface area contributed by atoms with E-state index in [1.807, 2.05) is 30.3 Å². The number of nitrogens with one attached hydrogen (secondary N) is 2. The zero-order chi connectivity index (χ0) is 21.0. The minimum atomic E-state index is -1.26. The monoisotopic (exact) mass is 415 g/mol. The maximum absolute atomic E-state index is 12.5. The molecule has 3 aliphatic heterocycles. The van der Waals surface area contributed by atoms with E-state index in [-0.39, 0.29) is 25.2 Å². The SMILES string of the molecule is O=C(NC[C@H](O)CC[C@@H]1N[B-]2(OC1=O)C1CCCC2CCC1)OCc1ccccc1. The molecule has 1 amide bonds. The zero-order valence-electron chi connectivity index (χ0n) is 17.4. The molecule has 0 saturated carbocycles. The third kappa shape index (κ3) is 4.65. The van der Waals surface area contributed by atoms with E-state index < -0.39 is 18.7 Å². The molecule has 3 saturated heterocycles. The summed E-state index contributed by atoms with van der Waals surface area (Å²) in [5.74, 6) is 0.770. The molecule has 3 fully saturated rings. The normalized spacial score (nSPS) is 31.2. The summed E-state index contributed by atoms with van der Waals surface area (Å²) in [6.45, 7) is -0.980. The Balaban J connectivity index is 1.19. The first-order valence-electron chi connectivity index (χ1n) is 11.4. The number of hydrogen-bond acceptors (Lipinski definition) is 6. The topological polar surface area (TPSA) is 96.9 Å². The molecular weight excluding hydrogens is 383 g/mol. The van der Waals surface area contributed by atoms with Gasteiger partial charge in [-0.1, -0.05) is 68.9 Å². The van der Waals surface area contributed by atoms with Crippen molar-refractivity contribution in [3.05, 3.63) is 35.9 Å². The quantitative estimate of drug-likeness (QED) is 0.593. The fraction of sp³-hybridized carbons (Fsp3) is 0.636. The highest BCUT2D eigenvalue weighted by Gasteiger charge is 2.53. The lowest BCUT2D eigenvalue weighted by molar-refractivity contribution is -0.134. The summed E-state index contributed by atoms with van der Waals surface area (Å²) in [6, 6.07) is 9.07. The number of rotatable bonds is 7. The van der Waals surface area contributed by atoms with Crippen LogP contribution in [0.3, 0.4) is 0 Å². The van der Waals surface area contributed by atoms with Crippen LogP contribution in [0.4, 0.5) is 4.79 Å². The van der Waals surface area contributed by atoms with Crippen LogP contribution < -0.4 is 10.5 Å². The number of hydrogen-bond donors (Lipinski definition) is 3. The first kappa shape index (κ1) is 21.2. The van der Waals surface area contributed by atoms with Crippen LogP contribution >= 0.6 is 0 Å². The summed E-state index contributed by atoms with van der Waals surface area (Å²) < 4.78 is 11.2. The van der Waals surface area contributed by atoms with Crippen LogP contribution in [0.1, 0.15) is 56.9 Å². The van der Waals surface area contributed by atoms with Crippen molar-refractivity contribution in [1.82, 2.24) is 10.5 Å². The Morgan fingerprint density at radius 3 is 2.53 bits per heavy atom. The third-order valence-electron chi connectivity index (χ3n) is 7.24. The van der Waals surface area contributed by atoms with E-state index in [9.17, 15) is 14.7 Å². The number of aliphatic hydroxyl groups excluding tert-OH is 1. The molecule has 2 bridgehead atoms. The molecule has 0 aliphatic carbocycles. The van der Waals surface area contributed by atoms with E-state index in [4.69, 9.17) is 9.39 Å². The second-order valence-corrected chi connectivity index (χ2v) is 9.13. The van der Waals surface area contributed by atoms with E-state index in [0.29, 0.717) is 24.5 Å². The predicted octanol–water partition coefficient (Wildman–Crippen LogP) is 3.12. The molecule has 1 aromatic carbocycles. The van der Waals surface area contributed by atoms with Crippen LogP contribution in [-0.2, 0) is 20.8 Å². The number of benzene rings is 1. The van der Waals surface area contributed by atoms with Crippen molar-refractivity contribution >= 4 is 18.5 Å². The smallest absolute Gasteiger partial charge is 0.407 e. The van der Waals surface area contributed by atoms with Gasteiger partial charge in [0.25, 0.3) is 5.97 Å². The summed E-state index contributed by atoms with van der Waals surface area (Å²) in [5.41, 5.74) is 0.905. The standard InChI is InChI=1S/C22H32BN2O5/c26-19(14-24-22(28)29-15-16-6-2-1-3-7-16)12-13-20-21(27)30-23(25-20)17-8-4-9-18(23)11-5-10-17/h1-3,6-7,17-20,25-26H,4-5,8-15H2,(H,24,28)/q-1/t17?,18?,19-,20+,23?/m1/s1. The van der Waals surface area contributed by atoms with Gasteiger partial charge in [0.05, 0.1) is 12.1 Å². The Labute approximate surface area is 177 Å². The van der Waals surface area contributed by atoms with Gasteiger partial charge in [0.1, 0.15) is 6.61 Å². The predicted molar refractivity (Wildman–Crippen MR) is 114 cm³/mol. The van der Waals surface area contributed by atoms with Gasteiger partial charge in [-0.3, -0.25) is 4.79 Å². The molecule has 2 atom stereocenters. The summed E-state index contributed by atoms with van der Waals surface area (Å²) in [5, 5.41) is 16.4. The van der Waals surface area contributed by atoms with E-state index in [1.165, 1.54) is 12.8 Å². The maximum atomic E-state index is 12.5. The summed E-state index contributed by atoms with van der Waals surface area (Å²) in [7, 11) is 0. The molecule has 3 heterocycles. The van der Waals surface area contributed by atoms with Gasteiger partial charge >= 0.3 is 6.09 Å². The van der Waals surface area contributed by atoms with Crippen LogP contribution in [-0.4, -0.2) is 42.3 Å². The van der Waals surface area contributed by atoms with Gasteiger partial charge < -0.3 is 25.0 Å². The summed E-state index contributed by atoms with van der Waals surface area (Å²) in [6.07, 6.45) is 6.63. The van der Waals surface area contributed by atoms with E-state index in [1.54, 1.807) is 0 Å². The average molecular weight is 415 g/mol. The van der Waals surface area contributed by atoms with Gasteiger partial charge in [0.15, 0.2) is 0 Å². The number of carbonyl (C=O) groups excluding carboxylic acids is 2. The minimum absolute atomic E-state index is 0.0942. The molecule has 0 radical (unpaired) electrons. The third-order valence-corrected chi connectivity index (χ3v) is 7.24. The Hall–Kier alpha value is -2.06. The highest BCUT2D eigenvalue weighted by atomic mass is 16.5. The Morgan fingerprint density at radius 1 is 1.20 bits per heavy atom.